The predicted octanol–water partition coefficient (Wildman–Crippen LogP) is 5.21. The molecule has 1 aliphatic heterocycles. The SMILES string of the molecule is CC1Oc2cc(Br)ccc2N1Cc1ccccc1C(F)(F)F. The molecule has 0 amide bonds. The Labute approximate surface area is 134 Å². The van der Waals surface area contributed by atoms with Crippen molar-refractivity contribution in [3.05, 3.63) is 58.1 Å². The number of hydrogen-bond acceptors (Lipinski definition) is 2. The van der Waals surface area contributed by atoms with E-state index < -0.39 is 11.7 Å². The predicted molar refractivity (Wildman–Crippen MR) is 81.9 cm³/mol. The van der Waals surface area contributed by atoms with Crippen LogP contribution < -0.4 is 9.64 Å². The number of anilines is 1. The molecule has 1 aliphatic rings. The van der Waals surface area contributed by atoms with E-state index in [0.29, 0.717) is 5.75 Å². The Kier molecular flexibility index (Phi) is 3.80. The van der Waals surface area contributed by atoms with Gasteiger partial charge in [-0.05, 0) is 36.8 Å². The fraction of sp³-hybridized carbons (Fsp3) is 0.250. The van der Waals surface area contributed by atoms with Gasteiger partial charge >= 0.3 is 6.18 Å². The highest BCUT2D eigenvalue weighted by molar-refractivity contribution is 9.10. The minimum absolute atomic E-state index is 0.144. The molecular formula is C16H13BrF3NO. The second-order valence-corrected chi connectivity index (χ2v) is 6.03. The van der Waals surface area contributed by atoms with Crippen molar-refractivity contribution in [1.82, 2.24) is 0 Å². The Hall–Kier alpha value is -1.69. The lowest BCUT2D eigenvalue weighted by Gasteiger charge is -2.24. The number of alkyl halides is 3. The Morgan fingerprint density at radius 1 is 1.18 bits per heavy atom. The van der Waals surface area contributed by atoms with Gasteiger partial charge in [-0.15, -0.1) is 0 Å². The monoisotopic (exact) mass is 371 g/mol. The van der Waals surface area contributed by atoms with Crippen LogP contribution in [0.1, 0.15) is 18.1 Å². The van der Waals surface area contributed by atoms with E-state index >= 15 is 0 Å². The highest BCUT2D eigenvalue weighted by Gasteiger charge is 2.35. The van der Waals surface area contributed by atoms with E-state index in [4.69, 9.17) is 4.74 Å². The molecule has 22 heavy (non-hydrogen) atoms. The van der Waals surface area contributed by atoms with E-state index in [2.05, 4.69) is 15.9 Å². The highest BCUT2D eigenvalue weighted by atomic mass is 79.9. The van der Waals surface area contributed by atoms with E-state index in [1.165, 1.54) is 12.1 Å². The zero-order valence-corrected chi connectivity index (χ0v) is 13.3. The number of ether oxygens (including phenoxy) is 1. The van der Waals surface area contributed by atoms with Gasteiger partial charge in [-0.2, -0.15) is 13.2 Å². The summed E-state index contributed by atoms with van der Waals surface area (Å²) < 4.78 is 45.9. The van der Waals surface area contributed by atoms with Crippen molar-refractivity contribution < 1.29 is 17.9 Å². The standard InChI is InChI=1S/C16H13BrF3NO/c1-10-21(14-7-6-12(17)8-15(14)22-10)9-11-4-2-3-5-13(11)16(18,19)20/h2-8,10H,9H2,1H3. The van der Waals surface area contributed by atoms with Crippen LogP contribution in [-0.4, -0.2) is 6.23 Å². The lowest BCUT2D eigenvalue weighted by atomic mass is 10.1. The summed E-state index contributed by atoms with van der Waals surface area (Å²) in [5, 5.41) is 0. The summed E-state index contributed by atoms with van der Waals surface area (Å²) in [6.45, 7) is 1.97. The summed E-state index contributed by atoms with van der Waals surface area (Å²) in [5.41, 5.74) is 0.432. The summed E-state index contributed by atoms with van der Waals surface area (Å²) in [5.74, 6) is 0.673. The average Bonchev–Trinajstić information content (AvgIpc) is 2.74. The first-order chi connectivity index (χ1) is 10.4. The first-order valence-corrected chi connectivity index (χ1v) is 7.53. The van der Waals surface area contributed by atoms with Crippen LogP contribution in [0.2, 0.25) is 0 Å². The van der Waals surface area contributed by atoms with E-state index in [9.17, 15) is 13.2 Å². The minimum Gasteiger partial charge on any atom is -0.469 e. The van der Waals surface area contributed by atoms with Crippen LogP contribution in [0.4, 0.5) is 18.9 Å². The van der Waals surface area contributed by atoms with Crippen LogP contribution in [0, 0.1) is 0 Å². The first kappa shape index (κ1) is 15.2. The van der Waals surface area contributed by atoms with Crippen molar-refractivity contribution in [2.45, 2.75) is 25.9 Å². The summed E-state index contributed by atoms with van der Waals surface area (Å²) in [4.78, 5) is 1.83. The number of fused-ring (bicyclic) bond motifs is 1. The van der Waals surface area contributed by atoms with Crippen LogP contribution in [0.25, 0.3) is 0 Å². The van der Waals surface area contributed by atoms with Gasteiger partial charge in [0.05, 0.1) is 11.3 Å². The molecule has 1 atom stereocenters. The number of halogens is 4. The van der Waals surface area contributed by atoms with Gasteiger partial charge in [-0.3, -0.25) is 0 Å². The third-order valence-electron chi connectivity index (χ3n) is 3.63. The molecule has 0 saturated carbocycles. The van der Waals surface area contributed by atoms with Gasteiger partial charge in [0.1, 0.15) is 5.75 Å². The van der Waals surface area contributed by atoms with Gasteiger partial charge in [0, 0.05) is 11.0 Å². The van der Waals surface area contributed by atoms with Gasteiger partial charge in [0.25, 0.3) is 0 Å². The Morgan fingerprint density at radius 2 is 1.91 bits per heavy atom. The quantitative estimate of drug-likeness (QED) is 0.718. The van der Waals surface area contributed by atoms with Crippen molar-refractivity contribution in [2.24, 2.45) is 0 Å². The molecule has 2 aromatic carbocycles. The second-order valence-electron chi connectivity index (χ2n) is 5.11. The molecule has 0 spiro atoms. The molecule has 1 heterocycles. The van der Waals surface area contributed by atoms with Crippen molar-refractivity contribution in [3.63, 3.8) is 0 Å². The average molecular weight is 372 g/mol. The Morgan fingerprint density at radius 3 is 2.64 bits per heavy atom. The molecule has 0 fully saturated rings. The van der Waals surface area contributed by atoms with Crippen molar-refractivity contribution in [1.29, 1.82) is 0 Å². The van der Waals surface area contributed by atoms with Crippen molar-refractivity contribution in [2.75, 3.05) is 4.90 Å². The van der Waals surface area contributed by atoms with Crippen molar-refractivity contribution in [3.8, 4) is 5.75 Å². The summed E-state index contributed by atoms with van der Waals surface area (Å²) in [6.07, 6.45) is -4.67. The van der Waals surface area contributed by atoms with Crippen LogP contribution in [-0.2, 0) is 12.7 Å². The van der Waals surface area contributed by atoms with Crippen LogP contribution in [0.3, 0.4) is 0 Å². The maximum Gasteiger partial charge on any atom is 0.416 e. The molecule has 6 heteroatoms. The van der Waals surface area contributed by atoms with E-state index in [1.54, 1.807) is 6.07 Å². The third-order valence-corrected chi connectivity index (χ3v) is 4.12. The first-order valence-electron chi connectivity index (χ1n) is 6.74. The molecule has 0 bridgehead atoms. The molecule has 0 saturated heterocycles. The third kappa shape index (κ3) is 2.79. The van der Waals surface area contributed by atoms with Crippen LogP contribution in [0.15, 0.2) is 46.9 Å². The van der Waals surface area contributed by atoms with E-state index in [-0.39, 0.29) is 18.3 Å². The summed E-state index contributed by atoms with van der Waals surface area (Å²) in [7, 11) is 0. The maximum absolute atomic E-state index is 13.1. The smallest absolute Gasteiger partial charge is 0.416 e. The van der Waals surface area contributed by atoms with E-state index in [1.807, 2.05) is 30.0 Å². The van der Waals surface area contributed by atoms with Crippen molar-refractivity contribution >= 4 is 21.6 Å². The number of rotatable bonds is 2. The van der Waals surface area contributed by atoms with Gasteiger partial charge < -0.3 is 9.64 Å². The molecule has 0 aliphatic carbocycles. The molecule has 2 aromatic rings. The maximum atomic E-state index is 13.1. The zero-order valence-electron chi connectivity index (χ0n) is 11.7. The summed E-state index contributed by atoms with van der Waals surface area (Å²) >= 11 is 3.36. The molecular weight excluding hydrogens is 359 g/mol. The summed E-state index contributed by atoms with van der Waals surface area (Å²) in [6, 6.07) is 11.2. The molecule has 2 nitrogen and oxygen atoms in total. The van der Waals surface area contributed by atoms with Gasteiger partial charge in [0.2, 0.25) is 0 Å². The largest absolute Gasteiger partial charge is 0.469 e. The van der Waals surface area contributed by atoms with Gasteiger partial charge in [-0.1, -0.05) is 34.1 Å². The molecule has 0 radical (unpaired) electrons. The van der Waals surface area contributed by atoms with Gasteiger partial charge in [-0.25, -0.2) is 0 Å². The molecule has 1 unspecified atom stereocenters. The topological polar surface area (TPSA) is 12.5 Å². The Balaban J connectivity index is 1.95. The van der Waals surface area contributed by atoms with Crippen LogP contribution in [0.5, 0.6) is 5.75 Å². The van der Waals surface area contributed by atoms with E-state index in [0.717, 1.165) is 16.2 Å². The lowest BCUT2D eigenvalue weighted by molar-refractivity contribution is -0.138. The lowest BCUT2D eigenvalue weighted by Crippen LogP contribution is -2.32. The number of hydrogen-bond donors (Lipinski definition) is 0. The fourth-order valence-electron chi connectivity index (χ4n) is 2.59. The number of benzene rings is 2. The molecule has 3 rings (SSSR count). The fourth-order valence-corrected chi connectivity index (χ4v) is 2.93. The molecule has 0 N–H and O–H groups in total. The molecule has 0 aromatic heterocycles. The Bertz CT molecular complexity index is 702. The normalized spacial score (nSPS) is 17.3. The number of nitrogens with zero attached hydrogens (tertiary/aromatic N) is 1. The highest BCUT2D eigenvalue weighted by Crippen LogP contribution is 2.41. The van der Waals surface area contributed by atoms with Gasteiger partial charge in [0.15, 0.2) is 6.23 Å². The minimum atomic E-state index is -4.36. The zero-order chi connectivity index (χ0) is 15.9. The van der Waals surface area contributed by atoms with Crippen LogP contribution >= 0.6 is 15.9 Å². The molecule has 116 valence electrons. The second kappa shape index (κ2) is 5.50.